The molecule has 0 heterocycles. The maximum absolute atomic E-state index is 11.2. The summed E-state index contributed by atoms with van der Waals surface area (Å²) < 4.78 is 0. The molecule has 1 amide bonds. The van der Waals surface area contributed by atoms with Gasteiger partial charge in [0.05, 0.1) is 0 Å². The molecule has 0 saturated heterocycles. The van der Waals surface area contributed by atoms with E-state index in [1.807, 2.05) is 6.92 Å². The van der Waals surface area contributed by atoms with Crippen molar-refractivity contribution in [2.45, 2.75) is 19.8 Å². The third kappa shape index (κ3) is 7.62. The lowest BCUT2D eigenvalue weighted by atomic mass is 10.2. The standard InChI is InChI=1S/C11H16ClNO/c1-3-6-10(2)9-13-11(14)7-4-5-8-12/h3-5,9H,1,6-8H2,2H3,(H,13,14)/b5-4+,10-9+. The highest BCUT2D eigenvalue weighted by Gasteiger charge is 1.94. The van der Waals surface area contributed by atoms with Crippen LogP contribution < -0.4 is 5.32 Å². The molecule has 3 heteroatoms. The van der Waals surface area contributed by atoms with E-state index in [1.54, 1.807) is 24.4 Å². The summed E-state index contributed by atoms with van der Waals surface area (Å²) in [5, 5.41) is 2.68. The summed E-state index contributed by atoms with van der Waals surface area (Å²) in [5.41, 5.74) is 1.08. The van der Waals surface area contributed by atoms with E-state index in [0.717, 1.165) is 12.0 Å². The molecule has 0 saturated carbocycles. The molecule has 0 aromatic heterocycles. The Morgan fingerprint density at radius 1 is 1.43 bits per heavy atom. The molecule has 14 heavy (non-hydrogen) atoms. The number of carbonyl (C=O) groups is 1. The number of hydrogen-bond acceptors (Lipinski definition) is 1. The number of carbonyl (C=O) groups excluding carboxylic acids is 1. The van der Waals surface area contributed by atoms with Gasteiger partial charge in [0.15, 0.2) is 0 Å². The Bertz CT molecular complexity index is 244. The topological polar surface area (TPSA) is 29.1 Å². The first kappa shape index (κ1) is 13.0. The summed E-state index contributed by atoms with van der Waals surface area (Å²) in [4.78, 5) is 11.2. The maximum Gasteiger partial charge on any atom is 0.227 e. The number of halogens is 1. The minimum Gasteiger partial charge on any atom is -0.332 e. The van der Waals surface area contributed by atoms with Crippen molar-refractivity contribution in [3.8, 4) is 0 Å². The van der Waals surface area contributed by atoms with Gasteiger partial charge in [-0.1, -0.05) is 23.8 Å². The van der Waals surface area contributed by atoms with Crippen molar-refractivity contribution >= 4 is 17.5 Å². The lowest BCUT2D eigenvalue weighted by molar-refractivity contribution is -0.119. The van der Waals surface area contributed by atoms with Crippen molar-refractivity contribution in [2.75, 3.05) is 5.88 Å². The van der Waals surface area contributed by atoms with Crippen molar-refractivity contribution in [1.82, 2.24) is 5.32 Å². The number of rotatable bonds is 6. The molecule has 0 bridgehead atoms. The van der Waals surface area contributed by atoms with Gasteiger partial charge in [0.2, 0.25) is 5.91 Å². The van der Waals surface area contributed by atoms with Crippen molar-refractivity contribution in [2.24, 2.45) is 0 Å². The Labute approximate surface area is 90.3 Å². The summed E-state index contributed by atoms with van der Waals surface area (Å²) in [6, 6.07) is 0. The molecule has 0 aliphatic rings. The molecule has 0 atom stereocenters. The number of nitrogens with one attached hydrogen (secondary N) is 1. The van der Waals surface area contributed by atoms with Crippen molar-refractivity contribution in [3.63, 3.8) is 0 Å². The van der Waals surface area contributed by atoms with Gasteiger partial charge in [0, 0.05) is 18.5 Å². The molecule has 0 unspecified atom stereocenters. The maximum atomic E-state index is 11.2. The van der Waals surface area contributed by atoms with Crippen LogP contribution in [0, 0.1) is 0 Å². The molecule has 0 rings (SSSR count). The minimum atomic E-state index is -0.0326. The highest BCUT2D eigenvalue weighted by Crippen LogP contribution is 1.97. The molecule has 0 aromatic rings. The fraction of sp³-hybridized carbons (Fsp3) is 0.364. The van der Waals surface area contributed by atoms with E-state index < -0.39 is 0 Å². The van der Waals surface area contributed by atoms with Gasteiger partial charge in [0.1, 0.15) is 0 Å². The van der Waals surface area contributed by atoms with Crippen LogP contribution in [-0.4, -0.2) is 11.8 Å². The number of allylic oxidation sites excluding steroid dienone is 3. The minimum absolute atomic E-state index is 0.0326. The first-order valence-corrected chi connectivity index (χ1v) is 5.01. The molecule has 1 N–H and O–H groups in total. The van der Waals surface area contributed by atoms with E-state index in [0.29, 0.717) is 12.3 Å². The second kappa shape index (κ2) is 8.57. The summed E-state index contributed by atoms with van der Waals surface area (Å²) in [6.07, 6.45) is 8.16. The predicted octanol–water partition coefficient (Wildman–Crippen LogP) is 2.77. The van der Waals surface area contributed by atoms with Crippen LogP contribution in [0.4, 0.5) is 0 Å². The smallest absolute Gasteiger partial charge is 0.227 e. The van der Waals surface area contributed by atoms with Crippen LogP contribution in [0.1, 0.15) is 19.8 Å². The Morgan fingerprint density at radius 3 is 2.71 bits per heavy atom. The fourth-order valence-corrected chi connectivity index (χ4v) is 0.929. The van der Waals surface area contributed by atoms with Gasteiger partial charge in [-0.05, 0) is 13.3 Å². The van der Waals surface area contributed by atoms with Crippen molar-refractivity contribution in [3.05, 3.63) is 36.6 Å². The SMILES string of the molecule is C=CC/C(C)=C/NC(=O)C/C=C/CCl. The highest BCUT2D eigenvalue weighted by molar-refractivity contribution is 6.18. The average Bonchev–Trinajstić information content (AvgIpc) is 2.16. The quantitative estimate of drug-likeness (QED) is 0.534. The van der Waals surface area contributed by atoms with Crippen LogP contribution in [0.3, 0.4) is 0 Å². The predicted molar refractivity (Wildman–Crippen MR) is 61.2 cm³/mol. The zero-order chi connectivity index (χ0) is 10.8. The molecule has 78 valence electrons. The van der Waals surface area contributed by atoms with E-state index in [-0.39, 0.29) is 5.91 Å². The normalized spacial score (nSPS) is 11.7. The van der Waals surface area contributed by atoms with Crippen LogP contribution in [0.25, 0.3) is 0 Å². The zero-order valence-electron chi connectivity index (χ0n) is 8.42. The summed E-state index contributed by atoms with van der Waals surface area (Å²) in [5.74, 6) is 0.410. The Balaban J connectivity index is 3.77. The van der Waals surface area contributed by atoms with Gasteiger partial charge in [-0.3, -0.25) is 4.79 Å². The van der Waals surface area contributed by atoms with Crippen LogP contribution in [0.15, 0.2) is 36.6 Å². The van der Waals surface area contributed by atoms with E-state index in [2.05, 4.69) is 11.9 Å². The average molecular weight is 214 g/mol. The molecule has 0 fully saturated rings. The third-order valence-electron chi connectivity index (χ3n) is 1.50. The Morgan fingerprint density at radius 2 is 2.14 bits per heavy atom. The van der Waals surface area contributed by atoms with E-state index >= 15 is 0 Å². The van der Waals surface area contributed by atoms with Crippen LogP contribution in [-0.2, 0) is 4.79 Å². The lowest BCUT2D eigenvalue weighted by Crippen LogP contribution is -2.16. The fourth-order valence-electron chi connectivity index (χ4n) is 0.803. The molecule has 0 aliphatic heterocycles. The van der Waals surface area contributed by atoms with Gasteiger partial charge in [-0.25, -0.2) is 0 Å². The van der Waals surface area contributed by atoms with E-state index in [1.165, 1.54) is 0 Å². The zero-order valence-corrected chi connectivity index (χ0v) is 9.18. The monoisotopic (exact) mass is 213 g/mol. The first-order chi connectivity index (χ1) is 6.70. The van der Waals surface area contributed by atoms with Gasteiger partial charge >= 0.3 is 0 Å². The summed E-state index contributed by atoms with van der Waals surface area (Å²) >= 11 is 5.41. The van der Waals surface area contributed by atoms with Crippen molar-refractivity contribution in [1.29, 1.82) is 0 Å². The molecule has 0 aromatic carbocycles. The summed E-state index contributed by atoms with van der Waals surface area (Å²) in [6.45, 7) is 5.55. The van der Waals surface area contributed by atoms with E-state index in [9.17, 15) is 4.79 Å². The van der Waals surface area contributed by atoms with Gasteiger partial charge < -0.3 is 5.32 Å². The van der Waals surface area contributed by atoms with Gasteiger partial charge in [-0.15, -0.1) is 18.2 Å². The number of amides is 1. The molecule has 2 nitrogen and oxygen atoms in total. The number of hydrogen-bond donors (Lipinski definition) is 1. The Hall–Kier alpha value is -1.02. The second-order valence-electron chi connectivity index (χ2n) is 2.88. The van der Waals surface area contributed by atoms with Gasteiger partial charge in [-0.2, -0.15) is 0 Å². The molecular weight excluding hydrogens is 198 g/mol. The van der Waals surface area contributed by atoms with Crippen molar-refractivity contribution < 1.29 is 4.79 Å². The van der Waals surface area contributed by atoms with Crippen LogP contribution >= 0.6 is 11.6 Å². The second-order valence-corrected chi connectivity index (χ2v) is 3.19. The molecule has 0 aliphatic carbocycles. The van der Waals surface area contributed by atoms with Crippen LogP contribution in [0.5, 0.6) is 0 Å². The molecule has 0 radical (unpaired) electrons. The molecule has 0 spiro atoms. The largest absolute Gasteiger partial charge is 0.332 e. The van der Waals surface area contributed by atoms with Gasteiger partial charge in [0.25, 0.3) is 0 Å². The summed E-state index contributed by atoms with van der Waals surface area (Å²) in [7, 11) is 0. The lowest BCUT2D eigenvalue weighted by Gasteiger charge is -1.98. The number of alkyl halides is 1. The van der Waals surface area contributed by atoms with E-state index in [4.69, 9.17) is 11.6 Å². The third-order valence-corrected chi connectivity index (χ3v) is 1.68. The molecular formula is C11H16ClNO. The Kier molecular flexibility index (Phi) is 7.95. The van der Waals surface area contributed by atoms with Crippen LogP contribution in [0.2, 0.25) is 0 Å². The highest BCUT2D eigenvalue weighted by atomic mass is 35.5. The first-order valence-electron chi connectivity index (χ1n) is 4.47.